The summed E-state index contributed by atoms with van der Waals surface area (Å²) in [6.45, 7) is 10.4. The summed E-state index contributed by atoms with van der Waals surface area (Å²) in [7, 11) is 1.72. The van der Waals surface area contributed by atoms with Crippen LogP contribution >= 0.6 is 0 Å². The van der Waals surface area contributed by atoms with Crippen molar-refractivity contribution in [1.29, 1.82) is 0 Å². The Bertz CT molecular complexity index is 786. The van der Waals surface area contributed by atoms with Gasteiger partial charge >= 0.3 is 0 Å². The molecule has 0 aliphatic carbocycles. The first-order chi connectivity index (χ1) is 13.6. The van der Waals surface area contributed by atoms with Crippen molar-refractivity contribution in [2.45, 2.75) is 44.7 Å². The zero-order valence-corrected chi connectivity index (χ0v) is 16.9. The first-order valence-electron chi connectivity index (χ1n) is 9.82. The molecule has 0 saturated carbocycles. The molecule has 150 valence electrons. The van der Waals surface area contributed by atoms with Crippen molar-refractivity contribution >= 4 is 0 Å². The molecule has 0 aromatic heterocycles. The van der Waals surface area contributed by atoms with Gasteiger partial charge in [0.1, 0.15) is 11.9 Å². The van der Waals surface area contributed by atoms with E-state index in [4.69, 9.17) is 19.3 Å². The summed E-state index contributed by atoms with van der Waals surface area (Å²) in [6, 6.07) is 14.5. The molecular weight excluding hydrogens is 352 g/mol. The minimum Gasteiger partial charge on any atom is -0.496 e. The van der Waals surface area contributed by atoms with Gasteiger partial charge in [0.25, 0.3) is 0 Å². The number of para-hydroxylation sites is 1. The second-order valence-electron chi connectivity index (χ2n) is 7.28. The van der Waals surface area contributed by atoms with Crippen LogP contribution in [-0.2, 0) is 15.9 Å². The molecule has 4 nitrogen and oxygen atoms in total. The lowest BCUT2D eigenvalue weighted by atomic mass is 9.87. The van der Waals surface area contributed by atoms with Gasteiger partial charge in [-0.1, -0.05) is 49.4 Å². The Labute approximate surface area is 167 Å². The summed E-state index contributed by atoms with van der Waals surface area (Å²) < 4.78 is 17.9. The second kappa shape index (κ2) is 8.91. The maximum absolute atomic E-state index is 9.10. The van der Waals surface area contributed by atoms with Gasteiger partial charge in [-0.05, 0) is 24.5 Å². The fourth-order valence-electron chi connectivity index (χ4n) is 4.11. The van der Waals surface area contributed by atoms with Crippen LogP contribution < -0.4 is 4.74 Å². The molecule has 2 aromatic rings. The Kier molecular flexibility index (Phi) is 6.55. The molecule has 0 bridgehead atoms. The van der Waals surface area contributed by atoms with E-state index < -0.39 is 0 Å². The van der Waals surface area contributed by atoms with Gasteiger partial charge in [0.05, 0.1) is 25.4 Å². The van der Waals surface area contributed by atoms with E-state index in [1.165, 1.54) is 0 Å². The van der Waals surface area contributed by atoms with E-state index in [9.17, 15) is 0 Å². The quantitative estimate of drug-likeness (QED) is 0.608. The summed E-state index contributed by atoms with van der Waals surface area (Å²) in [5.74, 6) is 1.16. The van der Waals surface area contributed by atoms with E-state index in [2.05, 4.69) is 69.5 Å². The topological polar surface area (TPSA) is 51.2 Å². The number of benzene rings is 2. The van der Waals surface area contributed by atoms with Crippen molar-refractivity contribution in [2.75, 3.05) is 13.7 Å². The molecule has 2 aliphatic rings. The molecule has 2 fully saturated rings. The number of epoxide rings is 1. The van der Waals surface area contributed by atoms with Crippen LogP contribution in [-0.4, -0.2) is 37.1 Å². The van der Waals surface area contributed by atoms with Gasteiger partial charge in [0.2, 0.25) is 0 Å². The van der Waals surface area contributed by atoms with Crippen molar-refractivity contribution in [3.05, 3.63) is 66.7 Å². The Morgan fingerprint density at radius 3 is 2.36 bits per heavy atom. The summed E-state index contributed by atoms with van der Waals surface area (Å²) in [5.41, 5.74) is 4.37. The summed E-state index contributed by atoms with van der Waals surface area (Å²) >= 11 is 0. The monoisotopic (exact) mass is 382 g/mol. The van der Waals surface area contributed by atoms with E-state index in [0.29, 0.717) is 12.3 Å². The van der Waals surface area contributed by atoms with E-state index in [0.717, 1.165) is 28.0 Å². The van der Waals surface area contributed by atoms with Gasteiger partial charge in [0, 0.05) is 23.7 Å². The average Bonchev–Trinajstić information content (AvgIpc) is 3.54. The molecule has 0 radical (unpaired) electrons. The van der Waals surface area contributed by atoms with Gasteiger partial charge in [-0.15, -0.1) is 13.2 Å². The molecule has 4 heteroatoms. The number of fused-ring (bicyclic) bond motifs is 1. The second-order valence-corrected chi connectivity index (χ2v) is 7.28. The number of aliphatic hydroxyl groups excluding tert-OH is 1. The van der Waals surface area contributed by atoms with Crippen molar-refractivity contribution in [3.8, 4) is 16.9 Å². The fraction of sp³-hybridized carbons (Fsp3) is 0.417. The van der Waals surface area contributed by atoms with Crippen LogP contribution in [0.3, 0.4) is 0 Å². The van der Waals surface area contributed by atoms with Crippen LogP contribution in [0.25, 0.3) is 11.1 Å². The highest BCUT2D eigenvalue weighted by molar-refractivity contribution is 5.72. The van der Waals surface area contributed by atoms with Gasteiger partial charge in [-0.25, -0.2) is 0 Å². The third-order valence-corrected chi connectivity index (χ3v) is 5.60. The molecule has 5 atom stereocenters. The van der Waals surface area contributed by atoms with Gasteiger partial charge in [0.15, 0.2) is 0 Å². The predicted molar refractivity (Wildman–Crippen MR) is 112 cm³/mol. The van der Waals surface area contributed by atoms with Crippen LogP contribution in [0.1, 0.15) is 31.1 Å². The maximum atomic E-state index is 9.10. The molecule has 2 heterocycles. The fourth-order valence-corrected chi connectivity index (χ4v) is 4.11. The first-order valence-corrected chi connectivity index (χ1v) is 9.82. The van der Waals surface area contributed by atoms with Crippen LogP contribution in [0.5, 0.6) is 5.75 Å². The highest BCUT2D eigenvalue weighted by atomic mass is 16.6. The summed E-state index contributed by atoms with van der Waals surface area (Å²) in [5, 5.41) is 9.10. The highest BCUT2D eigenvalue weighted by Crippen LogP contribution is 2.50. The number of methoxy groups -OCH3 is 1. The molecular formula is C24H30O4. The molecule has 2 saturated heterocycles. The van der Waals surface area contributed by atoms with Crippen molar-refractivity contribution in [1.82, 2.24) is 0 Å². The zero-order valence-electron chi connectivity index (χ0n) is 16.9. The predicted octanol–water partition coefficient (Wildman–Crippen LogP) is 4.56. The van der Waals surface area contributed by atoms with E-state index in [1.54, 1.807) is 7.11 Å². The minimum absolute atomic E-state index is 0.0303. The average molecular weight is 383 g/mol. The number of ether oxygens (including phenoxy) is 3. The molecule has 0 spiro atoms. The third-order valence-electron chi connectivity index (χ3n) is 5.60. The summed E-state index contributed by atoms with van der Waals surface area (Å²) in [6.07, 6.45) is 1.28. The standard InChI is InChI=1S/C22H26O4.C2H4/c1-13-19(25-14(2)21-20(13)26-21)18-6-4-5-17(22(18)24-3)16-9-7-15(8-10-16)11-12-23;1-2/h4-10,13-14,19-21,23H,11-12H2,1-3H3;1-2H2. The lowest BCUT2D eigenvalue weighted by Crippen LogP contribution is -2.33. The number of hydrogen-bond donors (Lipinski definition) is 1. The third kappa shape index (κ3) is 3.86. The smallest absolute Gasteiger partial charge is 0.132 e. The Balaban J connectivity index is 0.00000109. The van der Waals surface area contributed by atoms with Crippen LogP contribution in [0.15, 0.2) is 55.6 Å². The summed E-state index contributed by atoms with van der Waals surface area (Å²) in [4.78, 5) is 0. The molecule has 4 rings (SSSR count). The SMILES string of the molecule is C=C.COc1c(-c2ccc(CCO)cc2)cccc1C1OC(C)C2OC2C1C. The normalized spacial score (nSPS) is 27.9. The Morgan fingerprint density at radius 2 is 1.71 bits per heavy atom. The number of aliphatic hydroxyl groups is 1. The van der Waals surface area contributed by atoms with E-state index in [-0.39, 0.29) is 31.0 Å². The largest absolute Gasteiger partial charge is 0.496 e. The van der Waals surface area contributed by atoms with Crippen LogP contribution in [0.4, 0.5) is 0 Å². The molecule has 2 aromatic carbocycles. The van der Waals surface area contributed by atoms with Crippen molar-refractivity contribution < 1.29 is 19.3 Å². The molecule has 28 heavy (non-hydrogen) atoms. The first kappa shape index (κ1) is 20.6. The Hall–Kier alpha value is -2.14. The molecule has 0 amide bonds. The number of hydrogen-bond acceptors (Lipinski definition) is 4. The highest BCUT2D eigenvalue weighted by Gasteiger charge is 2.54. The number of rotatable bonds is 5. The molecule has 5 unspecified atom stereocenters. The van der Waals surface area contributed by atoms with Crippen molar-refractivity contribution in [2.24, 2.45) is 5.92 Å². The van der Waals surface area contributed by atoms with E-state index in [1.807, 2.05) is 0 Å². The van der Waals surface area contributed by atoms with Crippen molar-refractivity contribution in [3.63, 3.8) is 0 Å². The van der Waals surface area contributed by atoms with E-state index >= 15 is 0 Å². The maximum Gasteiger partial charge on any atom is 0.132 e. The van der Waals surface area contributed by atoms with Gasteiger partial charge in [-0.2, -0.15) is 0 Å². The zero-order chi connectivity index (χ0) is 20.3. The minimum atomic E-state index is -0.0303. The Morgan fingerprint density at radius 1 is 1.00 bits per heavy atom. The molecule has 2 aliphatic heterocycles. The molecule has 1 N–H and O–H groups in total. The van der Waals surface area contributed by atoms with Gasteiger partial charge < -0.3 is 19.3 Å². The van der Waals surface area contributed by atoms with Crippen LogP contribution in [0, 0.1) is 5.92 Å². The lowest BCUT2D eigenvalue weighted by molar-refractivity contribution is -0.0565. The van der Waals surface area contributed by atoms with Crippen LogP contribution in [0.2, 0.25) is 0 Å². The van der Waals surface area contributed by atoms with Gasteiger partial charge in [-0.3, -0.25) is 0 Å². The lowest BCUT2D eigenvalue weighted by Gasteiger charge is -2.32.